The van der Waals surface area contributed by atoms with E-state index in [1.165, 1.54) is 22.3 Å². The van der Waals surface area contributed by atoms with E-state index in [0.29, 0.717) is 5.16 Å². The van der Waals surface area contributed by atoms with Gasteiger partial charge in [-0.2, -0.15) is 4.31 Å². The molecule has 0 saturated carbocycles. The van der Waals surface area contributed by atoms with Crippen molar-refractivity contribution in [1.82, 2.24) is 19.2 Å². The number of hydrogen-bond donors (Lipinski definition) is 0. The molecule has 0 bridgehead atoms. The third-order valence-electron chi connectivity index (χ3n) is 4.08. The van der Waals surface area contributed by atoms with Gasteiger partial charge >= 0.3 is 0 Å². The van der Waals surface area contributed by atoms with Crippen molar-refractivity contribution in [2.24, 2.45) is 0 Å². The number of amides is 1. The van der Waals surface area contributed by atoms with Crippen molar-refractivity contribution in [3.63, 3.8) is 0 Å². The topological polar surface area (TPSA) is 83.5 Å². The van der Waals surface area contributed by atoms with E-state index in [-0.39, 0.29) is 47.7 Å². The van der Waals surface area contributed by atoms with Crippen LogP contribution in [-0.2, 0) is 10.0 Å². The summed E-state index contributed by atoms with van der Waals surface area (Å²) in [6.45, 7) is 0.956. The zero-order chi connectivity index (χ0) is 19.6. The van der Waals surface area contributed by atoms with Gasteiger partial charge in [-0.3, -0.25) is 4.79 Å². The minimum atomic E-state index is -3.59. The number of rotatable bonds is 4. The fourth-order valence-electron chi connectivity index (χ4n) is 2.64. The molecule has 3 rings (SSSR count). The first-order chi connectivity index (χ1) is 12.8. The molecule has 27 heavy (non-hydrogen) atoms. The molecule has 1 aliphatic rings. The molecule has 0 spiro atoms. The summed E-state index contributed by atoms with van der Waals surface area (Å²) in [7, 11) is -3.59. The number of carbonyl (C=O) groups is 1. The molecule has 1 aromatic carbocycles. The summed E-state index contributed by atoms with van der Waals surface area (Å²) in [5, 5.41) is 0.641. The molecular weight excluding hydrogens is 476 g/mol. The van der Waals surface area contributed by atoms with E-state index >= 15 is 0 Å². The van der Waals surface area contributed by atoms with Crippen molar-refractivity contribution in [3.8, 4) is 0 Å². The summed E-state index contributed by atoms with van der Waals surface area (Å²) in [6, 6.07) is 6.49. The summed E-state index contributed by atoms with van der Waals surface area (Å²) in [6.07, 6.45) is 3.21. The molecule has 0 radical (unpaired) electrons. The Morgan fingerprint density at radius 3 is 2.41 bits per heavy atom. The van der Waals surface area contributed by atoms with E-state index in [0.717, 1.165) is 4.47 Å². The van der Waals surface area contributed by atoms with Crippen LogP contribution in [0.3, 0.4) is 0 Å². The second-order valence-electron chi connectivity index (χ2n) is 5.70. The Morgan fingerprint density at radius 1 is 1.19 bits per heavy atom. The van der Waals surface area contributed by atoms with E-state index in [9.17, 15) is 13.2 Å². The van der Waals surface area contributed by atoms with Gasteiger partial charge in [-0.25, -0.2) is 18.4 Å². The standard InChI is InChI=1S/C16H16BrClN4O3S2/c1-26-16-19-10-13(18)14(20-16)15(23)21-6-8-22(9-7-21)27(24,25)12-4-2-11(17)3-5-12/h2-5,10H,6-9H2,1H3. The van der Waals surface area contributed by atoms with Crippen LogP contribution in [0.25, 0.3) is 0 Å². The Balaban J connectivity index is 1.71. The molecule has 0 aliphatic carbocycles. The highest BCUT2D eigenvalue weighted by Gasteiger charge is 2.31. The Labute approximate surface area is 175 Å². The SMILES string of the molecule is CSc1ncc(Cl)c(C(=O)N2CCN(S(=O)(=O)c3ccc(Br)cc3)CC2)n1. The summed E-state index contributed by atoms with van der Waals surface area (Å²) in [5.41, 5.74) is 0.139. The maximum Gasteiger partial charge on any atom is 0.274 e. The molecule has 2 aromatic rings. The number of piperazine rings is 1. The van der Waals surface area contributed by atoms with Crippen LogP contribution < -0.4 is 0 Å². The lowest BCUT2D eigenvalue weighted by molar-refractivity contribution is 0.0691. The minimum absolute atomic E-state index is 0.139. The number of aromatic nitrogens is 2. The second kappa shape index (κ2) is 8.44. The third kappa shape index (κ3) is 4.45. The molecule has 1 fully saturated rings. The van der Waals surface area contributed by atoms with Gasteiger partial charge in [0, 0.05) is 30.7 Å². The monoisotopic (exact) mass is 490 g/mol. The van der Waals surface area contributed by atoms with Gasteiger partial charge in [-0.1, -0.05) is 39.3 Å². The molecule has 11 heteroatoms. The predicted octanol–water partition coefficient (Wildman–Crippen LogP) is 2.76. The van der Waals surface area contributed by atoms with Crippen LogP contribution in [0.5, 0.6) is 0 Å². The van der Waals surface area contributed by atoms with Gasteiger partial charge in [0.2, 0.25) is 10.0 Å². The van der Waals surface area contributed by atoms with Crippen LogP contribution in [0, 0.1) is 0 Å². The molecular formula is C16H16BrClN4O3S2. The van der Waals surface area contributed by atoms with Crippen molar-refractivity contribution in [1.29, 1.82) is 0 Å². The largest absolute Gasteiger partial charge is 0.335 e. The van der Waals surface area contributed by atoms with E-state index in [2.05, 4.69) is 25.9 Å². The maximum atomic E-state index is 12.7. The Hall–Kier alpha value is -1.20. The molecule has 0 atom stereocenters. The van der Waals surface area contributed by atoms with Gasteiger partial charge in [0.1, 0.15) is 0 Å². The molecule has 1 amide bonds. The zero-order valence-electron chi connectivity index (χ0n) is 14.3. The molecule has 1 aliphatic heterocycles. The van der Waals surface area contributed by atoms with Crippen molar-refractivity contribution in [3.05, 3.63) is 45.7 Å². The number of benzene rings is 1. The molecule has 1 saturated heterocycles. The number of halogens is 2. The van der Waals surface area contributed by atoms with Crippen molar-refractivity contribution in [2.45, 2.75) is 10.1 Å². The molecule has 0 N–H and O–H groups in total. The van der Waals surface area contributed by atoms with Crippen molar-refractivity contribution in [2.75, 3.05) is 32.4 Å². The minimum Gasteiger partial charge on any atom is -0.335 e. The van der Waals surface area contributed by atoms with Crippen LogP contribution >= 0.6 is 39.3 Å². The number of carbonyl (C=O) groups excluding carboxylic acids is 1. The lowest BCUT2D eigenvalue weighted by atomic mass is 10.3. The molecule has 0 unspecified atom stereocenters. The lowest BCUT2D eigenvalue weighted by Crippen LogP contribution is -2.50. The fourth-order valence-corrected chi connectivity index (χ4v) is 4.84. The Kier molecular flexibility index (Phi) is 6.42. The summed E-state index contributed by atoms with van der Waals surface area (Å²) in [5.74, 6) is -0.321. The first-order valence-corrected chi connectivity index (χ1v) is 11.8. The Morgan fingerprint density at radius 2 is 1.81 bits per heavy atom. The molecule has 2 heterocycles. The smallest absolute Gasteiger partial charge is 0.274 e. The first-order valence-electron chi connectivity index (χ1n) is 7.94. The van der Waals surface area contributed by atoms with Crippen LogP contribution in [0.15, 0.2) is 45.0 Å². The van der Waals surface area contributed by atoms with Crippen LogP contribution in [0.4, 0.5) is 0 Å². The van der Waals surface area contributed by atoms with E-state index < -0.39 is 10.0 Å². The van der Waals surface area contributed by atoms with Crippen molar-refractivity contribution >= 4 is 55.2 Å². The summed E-state index contributed by atoms with van der Waals surface area (Å²) >= 11 is 10.7. The quantitative estimate of drug-likeness (QED) is 0.483. The van der Waals surface area contributed by atoms with Gasteiger partial charge in [0.15, 0.2) is 10.9 Å². The molecule has 1 aromatic heterocycles. The lowest BCUT2D eigenvalue weighted by Gasteiger charge is -2.34. The summed E-state index contributed by atoms with van der Waals surface area (Å²) in [4.78, 5) is 22.7. The average Bonchev–Trinajstić information content (AvgIpc) is 2.68. The average molecular weight is 492 g/mol. The van der Waals surface area contributed by atoms with Crippen molar-refractivity contribution < 1.29 is 13.2 Å². The fraction of sp³-hybridized carbons (Fsp3) is 0.312. The highest BCUT2D eigenvalue weighted by Crippen LogP contribution is 2.22. The van der Waals surface area contributed by atoms with Gasteiger partial charge in [-0.15, -0.1) is 0 Å². The van der Waals surface area contributed by atoms with E-state index in [1.807, 2.05) is 6.26 Å². The van der Waals surface area contributed by atoms with E-state index in [4.69, 9.17) is 11.6 Å². The number of thioether (sulfide) groups is 1. The Bertz CT molecular complexity index is 949. The highest BCUT2D eigenvalue weighted by atomic mass is 79.9. The van der Waals surface area contributed by atoms with Crippen LogP contribution in [0.1, 0.15) is 10.5 Å². The van der Waals surface area contributed by atoms with Gasteiger partial charge in [-0.05, 0) is 30.5 Å². The number of sulfonamides is 1. The molecule has 7 nitrogen and oxygen atoms in total. The normalized spacial score (nSPS) is 15.7. The zero-order valence-corrected chi connectivity index (χ0v) is 18.3. The first kappa shape index (κ1) is 20.5. The van der Waals surface area contributed by atoms with Crippen LogP contribution in [0.2, 0.25) is 5.02 Å². The third-order valence-corrected chi connectivity index (χ3v) is 7.36. The number of nitrogens with zero attached hydrogens (tertiary/aromatic N) is 4. The highest BCUT2D eigenvalue weighted by molar-refractivity contribution is 9.10. The van der Waals surface area contributed by atoms with Crippen LogP contribution in [-0.4, -0.2) is 65.9 Å². The predicted molar refractivity (Wildman–Crippen MR) is 108 cm³/mol. The number of hydrogen-bond acceptors (Lipinski definition) is 6. The maximum absolute atomic E-state index is 12.7. The molecule has 144 valence electrons. The summed E-state index contributed by atoms with van der Waals surface area (Å²) < 4.78 is 27.7. The van der Waals surface area contributed by atoms with Gasteiger partial charge < -0.3 is 4.90 Å². The van der Waals surface area contributed by atoms with Gasteiger partial charge in [0.05, 0.1) is 16.1 Å². The second-order valence-corrected chi connectivity index (χ2v) is 9.74. The van der Waals surface area contributed by atoms with E-state index in [1.54, 1.807) is 29.2 Å². The van der Waals surface area contributed by atoms with Gasteiger partial charge in [0.25, 0.3) is 5.91 Å².